The summed E-state index contributed by atoms with van der Waals surface area (Å²) in [6.45, 7) is 1.92. The van der Waals surface area contributed by atoms with E-state index in [0.29, 0.717) is 6.42 Å². The van der Waals surface area contributed by atoms with Gasteiger partial charge in [0.2, 0.25) is 0 Å². The molecule has 0 unspecified atom stereocenters. The normalized spacial score (nSPS) is 8.10. The summed E-state index contributed by atoms with van der Waals surface area (Å²) in [7, 11) is 0. The van der Waals surface area contributed by atoms with Crippen LogP contribution in [0.5, 0.6) is 0 Å². The Bertz CT molecular complexity index is 156. The minimum Gasteiger partial charge on any atom is 0 e. The molecule has 0 bridgehead atoms. The Labute approximate surface area is 77.9 Å². The topological polar surface area (TPSA) is 51.2 Å². The smallest absolute Gasteiger partial charge is 0 e. The average Bonchev–Trinajstić information content (AvgIpc) is 1.82. The van der Waals surface area contributed by atoms with Crippen molar-refractivity contribution >= 4 is 4.09 Å². The van der Waals surface area contributed by atoms with E-state index in [2.05, 4.69) is 0 Å². The Hall–Kier alpha value is 0.569. The predicted molar refractivity (Wildman–Crippen MR) is 25.9 cm³/mol. The van der Waals surface area contributed by atoms with Crippen LogP contribution in [0.2, 0.25) is 0 Å². The molecule has 56 valence electrons. The molecule has 0 aromatic heterocycles. The number of rotatable bonds is 4. The van der Waals surface area contributed by atoms with Crippen LogP contribution in [-0.4, -0.2) is 4.09 Å². The molecule has 0 aromatic carbocycles. The van der Waals surface area contributed by atoms with Crippen LogP contribution in [0.1, 0.15) is 26.2 Å². The Morgan fingerprint density at radius 1 is 1.40 bits per heavy atom. The monoisotopic (exact) mass is 216 g/mol. The van der Waals surface area contributed by atoms with E-state index >= 15 is 0 Å². The van der Waals surface area contributed by atoms with Gasteiger partial charge in [0.05, 0.1) is 0 Å². The Kier molecular flexibility index (Phi) is 10.1. The zero-order valence-electron chi connectivity index (χ0n) is 5.79. The summed E-state index contributed by atoms with van der Waals surface area (Å²) in [4.78, 5) is 10.4. The van der Waals surface area contributed by atoms with Gasteiger partial charge in [-0.25, -0.2) is 0 Å². The molecule has 0 aliphatic rings. The molecule has 0 aliphatic carbocycles. The molecular formula is C5H9O3TiV. The van der Waals surface area contributed by atoms with Crippen LogP contribution in [0, 0.1) is 0 Å². The third-order valence-corrected chi connectivity index (χ3v) is 2.09. The van der Waals surface area contributed by atoms with Crippen LogP contribution >= 0.6 is 0 Å². The average molecular weight is 216 g/mol. The molecule has 0 rings (SSSR count). The van der Waals surface area contributed by atoms with Gasteiger partial charge in [-0.15, -0.1) is 0 Å². The van der Waals surface area contributed by atoms with Gasteiger partial charge in [0.25, 0.3) is 0 Å². The van der Waals surface area contributed by atoms with Gasteiger partial charge in [-0.05, 0) is 0 Å². The van der Waals surface area contributed by atoms with E-state index in [1.54, 1.807) is 0 Å². The summed E-state index contributed by atoms with van der Waals surface area (Å²) < 4.78 is 19.4. The van der Waals surface area contributed by atoms with Crippen molar-refractivity contribution in [2.24, 2.45) is 0 Å². The van der Waals surface area contributed by atoms with Crippen LogP contribution in [0.15, 0.2) is 0 Å². The zero-order valence-corrected chi connectivity index (χ0v) is 8.75. The van der Waals surface area contributed by atoms with Gasteiger partial charge >= 0.3 is 59.5 Å². The molecule has 3 nitrogen and oxygen atoms in total. The van der Waals surface area contributed by atoms with Gasteiger partial charge in [-0.3, -0.25) is 0 Å². The first-order valence-electron chi connectivity index (χ1n) is 2.92. The quantitative estimate of drug-likeness (QED) is 0.658. The Morgan fingerprint density at radius 2 is 1.90 bits per heavy atom. The fourth-order valence-electron chi connectivity index (χ4n) is 0.439. The van der Waals surface area contributed by atoms with Crippen molar-refractivity contribution in [1.82, 2.24) is 0 Å². The fraction of sp³-hybridized carbons (Fsp3) is 0.800. The maximum absolute atomic E-state index is 10.4. The van der Waals surface area contributed by atoms with Crippen LogP contribution in [0.4, 0.5) is 0 Å². The molecule has 5 heteroatoms. The molecule has 0 fully saturated rings. The van der Waals surface area contributed by atoms with Crippen LogP contribution < -0.4 is 0 Å². The Balaban J connectivity index is 0. The third-order valence-electron chi connectivity index (χ3n) is 0.985. The Morgan fingerprint density at radius 3 is 2.20 bits per heavy atom. The molecule has 0 spiro atoms. The van der Waals surface area contributed by atoms with E-state index < -0.39 is 21.9 Å². The first-order valence-corrected chi connectivity index (χ1v) is 4.98. The van der Waals surface area contributed by atoms with Crippen LogP contribution in [0.25, 0.3) is 0 Å². The minimum absolute atomic E-state index is 0. The SMILES string of the molecule is CCCC[C](=O)[Ti](=[O])=[O].[V]. The first kappa shape index (κ1) is 13.2. The number of carbonyl (C=O) groups is 1. The zero-order chi connectivity index (χ0) is 7.28. The molecule has 0 saturated heterocycles. The molecule has 0 N–H and O–H groups in total. The summed E-state index contributed by atoms with van der Waals surface area (Å²) in [6.07, 6.45) is 1.79. The van der Waals surface area contributed by atoms with Gasteiger partial charge < -0.3 is 0 Å². The number of carbonyl (C=O) groups excluding carboxylic acids is 1. The number of unbranched alkanes of at least 4 members (excludes halogenated alkanes) is 1. The summed E-state index contributed by atoms with van der Waals surface area (Å²) in [6, 6.07) is 0. The molecule has 0 saturated carbocycles. The van der Waals surface area contributed by atoms with Crippen molar-refractivity contribution in [3.05, 3.63) is 0 Å². The second-order valence-corrected chi connectivity index (χ2v) is 3.58. The van der Waals surface area contributed by atoms with Crippen molar-refractivity contribution in [1.29, 1.82) is 0 Å². The van der Waals surface area contributed by atoms with E-state index in [0.717, 1.165) is 6.42 Å². The van der Waals surface area contributed by atoms with Gasteiger partial charge in [-0.2, -0.15) is 0 Å². The van der Waals surface area contributed by atoms with Gasteiger partial charge in [0, 0.05) is 18.6 Å². The van der Waals surface area contributed by atoms with Crippen molar-refractivity contribution in [2.75, 3.05) is 0 Å². The molecule has 0 amide bonds. The molecular weight excluding hydrogens is 207 g/mol. The van der Waals surface area contributed by atoms with E-state index in [1.165, 1.54) is 0 Å². The van der Waals surface area contributed by atoms with Crippen molar-refractivity contribution in [3.63, 3.8) is 0 Å². The molecule has 0 heterocycles. The summed E-state index contributed by atoms with van der Waals surface area (Å²) >= 11 is -3.67. The van der Waals surface area contributed by atoms with Gasteiger partial charge in [0.1, 0.15) is 0 Å². The maximum atomic E-state index is 10.4. The van der Waals surface area contributed by atoms with E-state index in [4.69, 9.17) is 0 Å². The largest absolute Gasteiger partial charge is 0 e. The van der Waals surface area contributed by atoms with Gasteiger partial charge in [0.15, 0.2) is 0 Å². The van der Waals surface area contributed by atoms with Crippen molar-refractivity contribution < 1.29 is 47.8 Å². The van der Waals surface area contributed by atoms with E-state index in [9.17, 15) is 11.4 Å². The summed E-state index contributed by atoms with van der Waals surface area (Å²) in [5, 5.41) is 0. The van der Waals surface area contributed by atoms with E-state index in [1.807, 2.05) is 6.92 Å². The molecule has 10 heavy (non-hydrogen) atoms. The molecule has 0 aromatic rings. The third kappa shape index (κ3) is 6.69. The van der Waals surface area contributed by atoms with Crippen molar-refractivity contribution in [2.45, 2.75) is 26.2 Å². The van der Waals surface area contributed by atoms with Crippen LogP contribution in [-0.2, 0) is 47.8 Å². The van der Waals surface area contributed by atoms with Gasteiger partial charge in [-0.1, -0.05) is 0 Å². The van der Waals surface area contributed by atoms with E-state index in [-0.39, 0.29) is 25.0 Å². The predicted octanol–water partition coefficient (Wildman–Crippen LogP) is 1.01. The second kappa shape index (κ2) is 7.67. The second-order valence-electron chi connectivity index (χ2n) is 1.81. The van der Waals surface area contributed by atoms with Crippen molar-refractivity contribution in [3.8, 4) is 0 Å². The number of hydrogen-bond donors (Lipinski definition) is 0. The molecule has 0 aliphatic heterocycles. The fourth-order valence-corrected chi connectivity index (χ4v) is 1.03. The standard InChI is InChI=1S/C5H9O.2O.Ti.V/c1-2-3-4-5-6;;;;/h2-4H2,1H3;;;;. The molecule has 0 atom stereocenters. The van der Waals surface area contributed by atoms with Crippen LogP contribution in [0.3, 0.4) is 0 Å². The molecule has 1 radical (unpaired) electrons. The minimum atomic E-state index is -3.67. The summed E-state index contributed by atoms with van der Waals surface area (Å²) in [5.41, 5.74) is 0. The number of hydrogen-bond acceptors (Lipinski definition) is 3. The first-order chi connectivity index (χ1) is 4.18. The maximum Gasteiger partial charge on any atom is 0 e. The summed E-state index contributed by atoms with van der Waals surface area (Å²) in [5.74, 6) is 0.